The molecule has 0 bridgehead atoms. The summed E-state index contributed by atoms with van der Waals surface area (Å²) in [6.07, 6.45) is -4.17. The smallest absolute Gasteiger partial charge is 0.231 e. The Balaban J connectivity index is 2.15. The monoisotopic (exact) mass is 465 g/mol. The van der Waals surface area contributed by atoms with Gasteiger partial charge in [-0.3, -0.25) is 0 Å². The zero-order chi connectivity index (χ0) is 21.6. The lowest BCUT2D eigenvalue weighted by molar-refractivity contribution is -0.137. The van der Waals surface area contributed by atoms with Gasteiger partial charge in [0.2, 0.25) is 0 Å². The van der Waals surface area contributed by atoms with Crippen LogP contribution < -0.4 is 0 Å². The van der Waals surface area contributed by atoms with Gasteiger partial charge in [0.1, 0.15) is 5.82 Å². The second-order valence-corrected chi connectivity index (χ2v) is 12.8. The van der Waals surface area contributed by atoms with Crippen LogP contribution in [0.25, 0.3) is 21.7 Å². The number of nitrogens with zero attached hydrogens (tertiary/aromatic N) is 1. The lowest BCUT2D eigenvalue weighted by atomic mass is 10.1. The van der Waals surface area contributed by atoms with E-state index in [0.29, 0.717) is 23.2 Å². The summed E-state index contributed by atoms with van der Waals surface area (Å²) >= 11 is 0.362. The molecule has 0 amide bonds. The number of rotatable bonds is 4. The quantitative estimate of drug-likeness (QED) is 0.422. The maximum Gasteiger partial charge on any atom is 0.443 e. The van der Waals surface area contributed by atoms with Gasteiger partial charge in [0, 0.05) is 5.56 Å². The van der Waals surface area contributed by atoms with E-state index in [0.717, 1.165) is 24.3 Å². The van der Waals surface area contributed by atoms with Crippen molar-refractivity contribution in [3.8, 4) is 21.7 Å². The zero-order valence-corrected chi connectivity index (χ0v) is 16.9. The molecule has 0 fully saturated rings. The molecule has 3 aromatic rings. The second kappa shape index (κ2) is 7.18. The summed E-state index contributed by atoms with van der Waals surface area (Å²) in [5, 5.41) is -1.13. The van der Waals surface area contributed by atoms with Crippen LogP contribution in [0.4, 0.5) is 17.6 Å². The number of halogens is 4. The topological polar surface area (TPSA) is 81.2 Å². The summed E-state index contributed by atoms with van der Waals surface area (Å²) < 4.78 is 99.5. The molecule has 0 aliphatic carbocycles. The summed E-state index contributed by atoms with van der Waals surface area (Å²) in [5.74, 6) is -0.564. The van der Waals surface area contributed by atoms with Crippen LogP contribution in [0.5, 0.6) is 0 Å². The maximum absolute atomic E-state index is 13.2. The number of hydrogen-bond acceptors (Lipinski definition) is 6. The van der Waals surface area contributed by atoms with Crippen LogP contribution in [-0.2, 0) is 23.9 Å². The lowest BCUT2D eigenvalue weighted by Crippen LogP contribution is -2.13. The van der Waals surface area contributed by atoms with Crippen molar-refractivity contribution < 1.29 is 34.4 Å². The van der Waals surface area contributed by atoms with Crippen molar-refractivity contribution >= 4 is 29.1 Å². The van der Waals surface area contributed by atoms with Crippen LogP contribution in [-0.4, -0.2) is 28.1 Å². The molecule has 0 atom stereocenters. The highest BCUT2D eigenvalue weighted by atomic mass is 33.2. The maximum atomic E-state index is 13.2. The molecule has 154 valence electrons. The van der Waals surface area contributed by atoms with Crippen LogP contribution in [0.15, 0.2) is 53.4 Å². The van der Waals surface area contributed by atoms with E-state index in [4.69, 9.17) is 0 Å². The van der Waals surface area contributed by atoms with Gasteiger partial charge in [0.15, 0.2) is 5.01 Å². The van der Waals surface area contributed by atoms with Crippen molar-refractivity contribution in [1.29, 1.82) is 0 Å². The van der Waals surface area contributed by atoms with E-state index >= 15 is 0 Å². The van der Waals surface area contributed by atoms with Gasteiger partial charge in [-0.1, -0.05) is 24.3 Å². The third-order valence-corrected chi connectivity index (χ3v) is 9.56. The summed E-state index contributed by atoms with van der Waals surface area (Å²) in [7, 11) is -9.06. The van der Waals surface area contributed by atoms with E-state index in [1.807, 2.05) is 0 Å². The van der Waals surface area contributed by atoms with Crippen molar-refractivity contribution in [1.82, 2.24) is 4.98 Å². The van der Waals surface area contributed by atoms with Crippen LogP contribution in [0.2, 0.25) is 0 Å². The summed E-state index contributed by atoms with van der Waals surface area (Å²) in [6.45, 7) is 0. The molecule has 29 heavy (non-hydrogen) atoms. The van der Waals surface area contributed by atoms with Crippen molar-refractivity contribution in [2.24, 2.45) is 0 Å². The van der Waals surface area contributed by atoms with Crippen LogP contribution in [0, 0.1) is 5.82 Å². The zero-order valence-electron chi connectivity index (χ0n) is 14.4. The molecule has 0 unspecified atom stereocenters. The Labute approximate surface area is 166 Å². The molecule has 0 saturated heterocycles. The fraction of sp³-hybridized carbons (Fsp3) is 0.118. The Hall–Kier alpha value is -2.31. The molecule has 3 rings (SSSR count). The number of alkyl halides is 3. The van der Waals surface area contributed by atoms with Crippen LogP contribution in [0.3, 0.4) is 0 Å². The van der Waals surface area contributed by atoms with E-state index in [9.17, 15) is 34.4 Å². The first kappa shape index (κ1) is 21.4. The molecule has 2 aromatic carbocycles. The second-order valence-electron chi connectivity index (χ2n) is 5.88. The van der Waals surface area contributed by atoms with Crippen molar-refractivity contribution in [3.05, 3.63) is 59.4 Å². The molecular weight excluding hydrogens is 454 g/mol. The van der Waals surface area contributed by atoms with Gasteiger partial charge in [0.25, 0.3) is 17.7 Å². The van der Waals surface area contributed by atoms with E-state index in [1.54, 1.807) is 0 Å². The van der Waals surface area contributed by atoms with Crippen molar-refractivity contribution in [3.63, 3.8) is 0 Å². The highest BCUT2D eigenvalue weighted by Gasteiger charge is 2.36. The van der Waals surface area contributed by atoms with Crippen LogP contribution in [0.1, 0.15) is 5.01 Å². The fourth-order valence-corrected chi connectivity index (χ4v) is 5.55. The highest BCUT2D eigenvalue weighted by molar-refractivity contribution is 8.66. The van der Waals surface area contributed by atoms with Gasteiger partial charge in [-0.15, -0.1) is 11.3 Å². The average molecular weight is 465 g/mol. The molecule has 5 nitrogen and oxygen atoms in total. The predicted molar refractivity (Wildman–Crippen MR) is 100.0 cm³/mol. The number of aromatic nitrogens is 1. The third kappa shape index (κ3) is 4.19. The van der Waals surface area contributed by atoms with Gasteiger partial charge in [-0.2, -0.15) is 13.2 Å². The molecule has 12 heteroatoms. The van der Waals surface area contributed by atoms with Crippen molar-refractivity contribution in [2.75, 3.05) is 6.26 Å². The van der Waals surface area contributed by atoms with Gasteiger partial charge in [0.05, 0.1) is 21.7 Å². The normalized spacial score (nSPS) is 12.9. The summed E-state index contributed by atoms with van der Waals surface area (Å²) in [4.78, 5) is 3.22. The first-order valence-corrected chi connectivity index (χ1v) is 12.4. The lowest BCUT2D eigenvalue weighted by Gasteiger charge is -2.05. The fourth-order valence-electron chi connectivity index (χ4n) is 2.39. The molecular formula is C17H11F4NO4S3. The molecule has 1 aromatic heterocycles. The van der Waals surface area contributed by atoms with E-state index in [-0.39, 0.29) is 16.1 Å². The molecule has 0 saturated carbocycles. The largest absolute Gasteiger partial charge is 0.443 e. The highest BCUT2D eigenvalue weighted by Crippen LogP contribution is 2.42. The Morgan fingerprint density at radius 3 is 1.86 bits per heavy atom. The summed E-state index contributed by atoms with van der Waals surface area (Å²) in [6, 6.07) is 9.08. The van der Waals surface area contributed by atoms with Crippen LogP contribution >= 0.6 is 11.3 Å². The summed E-state index contributed by atoms with van der Waals surface area (Å²) in [5.41, 5.74) is 0.350. The number of thiazole rings is 1. The Kier molecular flexibility index (Phi) is 5.30. The Morgan fingerprint density at radius 2 is 1.38 bits per heavy atom. The average Bonchev–Trinajstić information content (AvgIpc) is 3.07. The van der Waals surface area contributed by atoms with E-state index in [1.165, 1.54) is 24.3 Å². The molecule has 0 spiro atoms. The molecule has 0 radical (unpaired) electrons. The third-order valence-electron chi connectivity index (χ3n) is 3.79. The first-order chi connectivity index (χ1) is 13.3. The number of benzene rings is 2. The van der Waals surface area contributed by atoms with Gasteiger partial charge in [-0.25, -0.2) is 26.2 Å². The minimum absolute atomic E-state index is 0.0859. The standard InChI is InChI=1S/C17H11F4NO4S3/c1-28(23,24)29(25,26)13-8-4-10(5-9-13)14-15(11-2-6-12(18)7-3-11)27-16(22-14)17(19,20)21/h2-9H,1H3. The minimum atomic E-state index is -4.71. The van der Waals surface area contributed by atoms with Crippen molar-refractivity contribution in [2.45, 2.75) is 11.1 Å². The molecule has 0 aliphatic heterocycles. The molecule has 0 aliphatic rings. The van der Waals surface area contributed by atoms with E-state index < -0.39 is 39.6 Å². The molecule has 0 N–H and O–H groups in total. The minimum Gasteiger partial charge on any atom is -0.231 e. The van der Waals surface area contributed by atoms with Gasteiger partial charge < -0.3 is 0 Å². The SMILES string of the molecule is CS(=O)(=O)S(=O)(=O)c1ccc(-c2nc(C(F)(F)F)sc2-c2ccc(F)cc2)cc1. The van der Waals surface area contributed by atoms with E-state index in [2.05, 4.69) is 4.98 Å². The van der Waals surface area contributed by atoms with Gasteiger partial charge in [-0.05, 0) is 29.8 Å². The number of hydrogen-bond donors (Lipinski definition) is 0. The Morgan fingerprint density at radius 1 is 0.862 bits per heavy atom. The molecule has 1 heterocycles. The van der Waals surface area contributed by atoms with Gasteiger partial charge >= 0.3 is 6.18 Å². The Bertz CT molecular complexity index is 1260. The predicted octanol–water partition coefficient (Wildman–Crippen LogP) is 4.37. The first-order valence-electron chi connectivity index (χ1n) is 7.70.